The smallest absolute Gasteiger partial charge is 0.389 e. The van der Waals surface area contributed by atoms with Crippen molar-refractivity contribution in [2.24, 2.45) is 5.92 Å². The number of aryl methyl sites for hydroxylation is 1. The summed E-state index contributed by atoms with van der Waals surface area (Å²) in [4.78, 5) is 16.5. The number of carbonyl (C=O) groups is 1. The Morgan fingerprint density at radius 3 is 2.62 bits per heavy atom. The summed E-state index contributed by atoms with van der Waals surface area (Å²) < 4.78 is 42.1. The lowest BCUT2D eigenvalue weighted by atomic mass is 9.90. The molecule has 1 fully saturated rings. The van der Waals surface area contributed by atoms with Crippen molar-refractivity contribution in [3.8, 4) is 5.75 Å². The molecule has 1 heterocycles. The van der Waals surface area contributed by atoms with E-state index < -0.39 is 12.6 Å². The van der Waals surface area contributed by atoms with Gasteiger partial charge in [0.25, 0.3) is 0 Å². The molecule has 32 heavy (non-hydrogen) atoms. The summed E-state index contributed by atoms with van der Waals surface area (Å²) >= 11 is 0. The summed E-state index contributed by atoms with van der Waals surface area (Å²) in [5.74, 6) is 1.00. The van der Waals surface area contributed by atoms with E-state index in [1.54, 1.807) is 0 Å². The molecule has 0 aromatic heterocycles. The van der Waals surface area contributed by atoms with Gasteiger partial charge in [0.15, 0.2) is 0 Å². The molecule has 1 aromatic carbocycles. The third-order valence-corrected chi connectivity index (χ3v) is 5.73. The normalized spacial score (nSPS) is 16.2. The minimum Gasteiger partial charge on any atom is -0.494 e. The van der Waals surface area contributed by atoms with Crippen molar-refractivity contribution in [1.82, 2.24) is 9.80 Å². The number of likely N-dealkylation sites (tertiary alicyclic amines) is 1. The fraction of sp³-hybridized carbons (Fsp3) is 0.560. The van der Waals surface area contributed by atoms with Gasteiger partial charge in [0.05, 0.1) is 12.5 Å². The monoisotopic (exact) mass is 452 g/mol. The number of alkyl halides is 3. The topological polar surface area (TPSA) is 32.8 Å². The Bertz CT molecular complexity index is 786. The van der Waals surface area contributed by atoms with Gasteiger partial charge in [0, 0.05) is 39.6 Å². The first-order valence-electron chi connectivity index (χ1n) is 11.2. The van der Waals surface area contributed by atoms with Gasteiger partial charge in [-0.15, -0.1) is 13.2 Å². The number of rotatable bonds is 9. The maximum Gasteiger partial charge on any atom is 0.389 e. The summed E-state index contributed by atoms with van der Waals surface area (Å²) in [7, 11) is 1.88. The molecule has 178 valence electrons. The molecule has 0 saturated carbocycles. The summed E-state index contributed by atoms with van der Waals surface area (Å²) in [6, 6.07) is 5.75. The summed E-state index contributed by atoms with van der Waals surface area (Å²) in [6.07, 6.45) is 0.0529. The van der Waals surface area contributed by atoms with Gasteiger partial charge in [-0.25, -0.2) is 0 Å². The van der Waals surface area contributed by atoms with E-state index in [2.05, 4.69) is 31.1 Å². The van der Waals surface area contributed by atoms with Crippen LogP contribution in [0.2, 0.25) is 0 Å². The number of hydrogen-bond donors (Lipinski definition) is 0. The Kier molecular flexibility index (Phi) is 9.82. The van der Waals surface area contributed by atoms with E-state index in [4.69, 9.17) is 4.74 Å². The summed E-state index contributed by atoms with van der Waals surface area (Å²) in [6.45, 7) is 11.5. The molecule has 1 aliphatic heterocycles. The summed E-state index contributed by atoms with van der Waals surface area (Å²) in [5.41, 5.74) is 3.67. The Balaban J connectivity index is 0.00000176. The molecule has 0 N–H and O–H groups in total. The van der Waals surface area contributed by atoms with Crippen LogP contribution in [0.3, 0.4) is 0 Å². The molecule has 0 bridgehead atoms. The van der Waals surface area contributed by atoms with Gasteiger partial charge < -0.3 is 9.64 Å². The lowest BCUT2D eigenvalue weighted by molar-refractivity contribution is -0.139. The highest BCUT2D eigenvalue weighted by molar-refractivity contribution is 5.80. The number of amides is 1. The van der Waals surface area contributed by atoms with Gasteiger partial charge in [0.1, 0.15) is 5.75 Å². The van der Waals surface area contributed by atoms with Crippen molar-refractivity contribution in [3.63, 3.8) is 0 Å². The molecule has 3 rings (SSSR count). The molecule has 1 aromatic rings. The van der Waals surface area contributed by atoms with Crippen LogP contribution in [0.4, 0.5) is 13.2 Å². The second kappa shape index (κ2) is 12.1. The van der Waals surface area contributed by atoms with Crippen LogP contribution >= 0.6 is 0 Å². The van der Waals surface area contributed by atoms with Crippen LogP contribution in [0.15, 0.2) is 36.9 Å². The molecule has 0 atom stereocenters. The average molecular weight is 453 g/mol. The predicted molar refractivity (Wildman–Crippen MR) is 123 cm³/mol. The Labute approximate surface area is 189 Å². The molecule has 2 aliphatic rings. The zero-order valence-corrected chi connectivity index (χ0v) is 19.2. The van der Waals surface area contributed by atoms with Crippen LogP contribution in [-0.2, 0) is 11.2 Å². The SMILES string of the molecule is C=C.CCCN(C)C(=O)C1CN(CC2=Cc3ccc(OCCCC(F)(F)F)cc3CC2)C1. The van der Waals surface area contributed by atoms with Crippen molar-refractivity contribution in [2.45, 2.75) is 45.2 Å². The number of nitrogens with zero attached hydrogens (tertiary/aromatic N) is 2. The van der Waals surface area contributed by atoms with Gasteiger partial charge in [-0.3, -0.25) is 9.69 Å². The van der Waals surface area contributed by atoms with E-state index in [1.807, 2.05) is 30.1 Å². The lowest BCUT2D eigenvalue weighted by Gasteiger charge is -2.40. The lowest BCUT2D eigenvalue weighted by Crippen LogP contribution is -2.54. The van der Waals surface area contributed by atoms with E-state index in [9.17, 15) is 18.0 Å². The molecule has 7 heteroatoms. The molecule has 1 aliphatic carbocycles. The van der Waals surface area contributed by atoms with Crippen molar-refractivity contribution >= 4 is 12.0 Å². The van der Waals surface area contributed by atoms with E-state index in [0.717, 1.165) is 51.0 Å². The Hall–Kier alpha value is -2.28. The first-order valence-corrected chi connectivity index (χ1v) is 11.2. The van der Waals surface area contributed by atoms with Crippen molar-refractivity contribution in [2.75, 3.05) is 39.8 Å². The molecule has 0 radical (unpaired) electrons. The van der Waals surface area contributed by atoms with Crippen LogP contribution < -0.4 is 4.74 Å². The minimum absolute atomic E-state index is 0.0296. The molecule has 0 spiro atoms. The van der Waals surface area contributed by atoms with Crippen LogP contribution in [-0.4, -0.2) is 61.7 Å². The van der Waals surface area contributed by atoms with Crippen molar-refractivity contribution in [1.29, 1.82) is 0 Å². The van der Waals surface area contributed by atoms with E-state index in [-0.39, 0.29) is 24.9 Å². The molecule has 1 saturated heterocycles. The quantitative estimate of drug-likeness (QED) is 0.375. The average Bonchev–Trinajstić information content (AvgIpc) is 2.74. The maximum absolute atomic E-state index is 12.3. The van der Waals surface area contributed by atoms with Crippen LogP contribution in [0.5, 0.6) is 5.75 Å². The van der Waals surface area contributed by atoms with E-state index in [0.29, 0.717) is 5.75 Å². The third kappa shape index (κ3) is 7.69. The van der Waals surface area contributed by atoms with E-state index in [1.165, 1.54) is 11.1 Å². The zero-order valence-electron chi connectivity index (χ0n) is 19.2. The number of hydrogen-bond acceptors (Lipinski definition) is 3. The number of benzene rings is 1. The maximum atomic E-state index is 12.3. The highest BCUT2D eigenvalue weighted by atomic mass is 19.4. The van der Waals surface area contributed by atoms with Crippen LogP contribution in [0.1, 0.15) is 43.7 Å². The molecule has 4 nitrogen and oxygen atoms in total. The third-order valence-electron chi connectivity index (χ3n) is 5.73. The number of halogens is 3. The fourth-order valence-electron chi connectivity index (χ4n) is 4.10. The molecule has 0 unspecified atom stereocenters. The summed E-state index contributed by atoms with van der Waals surface area (Å²) in [5, 5.41) is 0. The first-order chi connectivity index (χ1) is 15.2. The van der Waals surface area contributed by atoms with Crippen molar-refractivity contribution < 1.29 is 22.7 Å². The highest BCUT2D eigenvalue weighted by Gasteiger charge is 2.34. The number of carbonyl (C=O) groups excluding carboxylic acids is 1. The predicted octanol–water partition coefficient (Wildman–Crippen LogP) is 5.34. The van der Waals surface area contributed by atoms with Gasteiger partial charge in [0.2, 0.25) is 5.91 Å². The second-order valence-electron chi connectivity index (χ2n) is 8.38. The molecular weight excluding hydrogens is 417 g/mol. The van der Waals surface area contributed by atoms with Gasteiger partial charge in [-0.2, -0.15) is 13.2 Å². The number of ether oxygens (including phenoxy) is 1. The molecule has 1 amide bonds. The first kappa shape index (κ1) is 26.0. The van der Waals surface area contributed by atoms with Gasteiger partial charge in [-0.05, 0) is 48.9 Å². The largest absolute Gasteiger partial charge is 0.494 e. The van der Waals surface area contributed by atoms with Crippen molar-refractivity contribution in [3.05, 3.63) is 48.1 Å². The highest BCUT2D eigenvalue weighted by Crippen LogP contribution is 2.30. The van der Waals surface area contributed by atoms with Crippen LogP contribution in [0.25, 0.3) is 6.08 Å². The molecular formula is C25H35F3N2O2. The zero-order chi connectivity index (χ0) is 23.7. The van der Waals surface area contributed by atoms with Gasteiger partial charge >= 0.3 is 6.18 Å². The number of fused-ring (bicyclic) bond motifs is 1. The van der Waals surface area contributed by atoms with Crippen LogP contribution in [0, 0.1) is 5.92 Å². The Morgan fingerprint density at radius 2 is 1.97 bits per heavy atom. The fourth-order valence-corrected chi connectivity index (χ4v) is 4.10. The van der Waals surface area contributed by atoms with E-state index >= 15 is 0 Å². The van der Waals surface area contributed by atoms with Gasteiger partial charge in [-0.1, -0.05) is 24.6 Å². The second-order valence-corrected chi connectivity index (χ2v) is 8.38. The Morgan fingerprint density at radius 1 is 1.25 bits per heavy atom. The standard InChI is InChI=1S/C23H31F3N2O2.C2H4/c1-3-10-27(2)22(29)20-15-28(16-20)14-17-5-6-19-13-21(8-7-18(19)12-17)30-11-4-9-23(24,25)26;1-2/h7-8,12-13,20H,3-6,9-11,14-16H2,1-2H3;1-2H2. The minimum atomic E-state index is -4.13.